The Labute approximate surface area is 129 Å². The lowest BCUT2D eigenvalue weighted by atomic mass is 10.1. The Kier molecular flexibility index (Phi) is 3.88. The first kappa shape index (κ1) is 14.3. The second-order valence-electron chi connectivity index (χ2n) is 5.29. The van der Waals surface area contributed by atoms with Gasteiger partial charge in [0.1, 0.15) is 0 Å². The van der Waals surface area contributed by atoms with Crippen LogP contribution in [-0.4, -0.2) is 9.55 Å². The minimum Gasteiger partial charge on any atom is -0.292 e. The first-order chi connectivity index (χ1) is 10.7. The Hall–Kier alpha value is -2.68. The van der Waals surface area contributed by atoms with Crippen molar-refractivity contribution < 1.29 is 0 Å². The maximum absolute atomic E-state index is 12.4. The Morgan fingerprint density at radius 2 is 1.68 bits per heavy atom. The summed E-state index contributed by atoms with van der Waals surface area (Å²) in [6.07, 6.45) is 0. The molecule has 0 N–H and O–H groups in total. The highest BCUT2D eigenvalue weighted by atomic mass is 16.1. The van der Waals surface area contributed by atoms with Crippen LogP contribution in [0.5, 0.6) is 0 Å². The highest BCUT2D eigenvalue weighted by Crippen LogP contribution is 2.23. The number of hydrogen-bond donors (Lipinski definition) is 0. The molecule has 0 fully saturated rings. The van der Waals surface area contributed by atoms with Gasteiger partial charge in [-0.2, -0.15) is 4.98 Å². The van der Waals surface area contributed by atoms with Gasteiger partial charge in [0.05, 0.1) is 11.4 Å². The van der Waals surface area contributed by atoms with E-state index < -0.39 is 0 Å². The van der Waals surface area contributed by atoms with Crippen LogP contribution in [-0.2, 0) is 6.54 Å². The van der Waals surface area contributed by atoms with Crippen molar-refractivity contribution >= 4 is 0 Å². The highest BCUT2D eigenvalue weighted by molar-refractivity contribution is 5.68. The van der Waals surface area contributed by atoms with Gasteiger partial charge in [-0.25, -0.2) is 4.79 Å². The largest absolute Gasteiger partial charge is 0.348 e. The molecule has 0 aliphatic carbocycles. The Bertz CT molecular complexity index is 851. The molecule has 0 radical (unpaired) electrons. The van der Waals surface area contributed by atoms with Crippen LogP contribution in [0.4, 0.5) is 0 Å². The minimum atomic E-state index is -0.208. The van der Waals surface area contributed by atoms with E-state index in [9.17, 15) is 4.79 Å². The van der Waals surface area contributed by atoms with Gasteiger partial charge in [-0.15, -0.1) is 0 Å². The summed E-state index contributed by atoms with van der Waals surface area (Å²) in [5.74, 6) is 0. The first-order valence-corrected chi connectivity index (χ1v) is 7.43. The van der Waals surface area contributed by atoms with Crippen molar-refractivity contribution in [2.75, 3.05) is 0 Å². The molecule has 2 aromatic carbocycles. The smallest absolute Gasteiger partial charge is 0.292 e. The average molecular weight is 290 g/mol. The third kappa shape index (κ3) is 2.70. The monoisotopic (exact) mass is 290 g/mol. The van der Waals surface area contributed by atoms with E-state index in [1.807, 2.05) is 74.5 Å². The quantitative estimate of drug-likeness (QED) is 0.733. The number of aryl methyl sites for hydroxylation is 1. The van der Waals surface area contributed by atoms with E-state index in [1.54, 1.807) is 4.57 Å². The first-order valence-electron chi connectivity index (χ1n) is 7.43. The van der Waals surface area contributed by atoms with Gasteiger partial charge in [0, 0.05) is 12.1 Å². The molecule has 3 heteroatoms. The van der Waals surface area contributed by atoms with Crippen molar-refractivity contribution in [1.82, 2.24) is 9.55 Å². The van der Waals surface area contributed by atoms with Crippen LogP contribution < -0.4 is 5.69 Å². The fourth-order valence-corrected chi connectivity index (χ4v) is 2.61. The zero-order chi connectivity index (χ0) is 15.5. The summed E-state index contributed by atoms with van der Waals surface area (Å²) in [5, 5.41) is 0. The second-order valence-corrected chi connectivity index (χ2v) is 5.29. The molecule has 110 valence electrons. The zero-order valence-corrected chi connectivity index (χ0v) is 12.8. The standard InChI is InChI=1S/C19H18N2O/c1-3-21-18(15-9-5-4-6-10-15)13-17(20-19(21)22)16-11-7-8-14(2)12-16/h4-13H,3H2,1-2H3. The molecule has 22 heavy (non-hydrogen) atoms. The van der Waals surface area contributed by atoms with Gasteiger partial charge in [0.2, 0.25) is 0 Å². The molecule has 1 aromatic heterocycles. The number of nitrogens with zero attached hydrogens (tertiary/aromatic N) is 2. The molecule has 0 bridgehead atoms. The summed E-state index contributed by atoms with van der Waals surface area (Å²) in [6, 6.07) is 20.0. The number of rotatable bonds is 3. The van der Waals surface area contributed by atoms with Crippen molar-refractivity contribution in [3.05, 3.63) is 76.7 Å². The molecule has 3 aromatic rings. The van der Waals surface area contributed by atoms with Crippen molar-refractivity contribution in [2.24, 2.45) is 0 Å². The molecule has 0 spiro atoms. The average Bonchev–Trinajstić information content (AvgIpc) is 2.55. The van der Waals surface area contributed by atoms with E-state index in [0.29, 0.717) is 6.54 Å². The SMILES string of the molecule is CCn1c(-c2ccccc2)cc(-c2cccc(C)c2)nc1=O. The molecule has 0 aliphatic heterocycles. The van der Waals surface area contributed by atoms with E-state index in [2.05, 4.69) is 4.98 Å². The van der Waals surface area contributed by atoms with Crippen LogP contribution in [0, 0.1) is 6.92 Å². The lowest BCUT2D eigenvalue weighted by Crippen LogP contribution is -2.24. The third-order valence-electron chi connectivity index (χ3n) is 3.71. The van der Waals surface area contributed by atoms with Crippen LogP contribution in [0.15, 0.2) is 65.5 Å². The van der Waals surface area contributed by atoms with Gasteiger partial charge in [-0.1, -0.05) is 54.1 Å². The van der Waals surface area contributed by atoms with E-state index in [4.69, 9.17) is 0 Å². The maximum Gasteiger partial charge on any atom is 0.348 e. The Morgan fingerprint density at radius 3 is 2.36 bits per heavy atom. The summed E-state index contributed by atoms with van der Waals surface area (Å²) in [4.78, 5) is 16.6. The van der Waals surface area contributed by atoms with Crippen molar-refractivity contribution in [2.45, 2.75) is 20.4 Å². The number of benzene rings is 2. The Morgan fingerprint density at radius 1 is 0.955 bits per heavy atom. The molecule has 0 amide bonds. The zero-order valence-electron chi connectivity index (χ0n) is 12.8. The molecule has 0 atom stereocenters. The lowest BCUT2D eigenvalue weighted by molar-refractivity contribution is 0.709. The molecular formula is C19H18N2O. The third-order valence-corrected chi connectivity index (χ3v) is 3.71. The lowest BCUT2D eigenvalue weighted by Gasteiger charge is -2.12. The van der Waals surface area contributed by atoms with E-state index >= 15 is 0 Å². The van der Waals surface area contributed by atoms with Gasteiger partial charge < -0.3 is 0 Å². The van der Waals surface area contributed by atoms with Gasteiger partial charge in [0.15, 0.2) is 0 Å². The molecule has 1 heterocycles. The number of aromatic nitrogens is 2. The molecule has 0 saturated heterocycles. The van der Waals surface area contributed by atoms with Crippen LogP contribution in [0.3, 0.4) is 0 Å². The molecule has 0 aliphatic rings. The van der Waals surface area contributed by atoms with Crippen molar-refractivity contribution in [1.29, 1.82) is 0 Å². The van der Waals surface area contributed by atoms with E-state index in [-0.39, 0.29) is 5.69 Å². The summed E-state index contributed by atoms with van der Waals surface area (Å²) in [6.45, 7) is 4.60. The van der Waals surface area contributed by atoms with Crippen molar-refractivity contribution in [3.63, 3.8) is 0 Å². The van der Waals surface area contributed by atoms with Gasteiger partial charge in [-0.05, 0) is 31.5 Å². The fraction of sp³-hybridized carbons (Fsp3) is 0.158. The molecular weight excluding hydrogens is 272 g/mol. The minimum absolute atomic E-state index is 0.208. The topological polar surface area (TPSA) is 34.9 Å². The predicted octanol–water partition coefficient (Wildman–Crippen LogP) is 3.91. The molecule has 0 saturated carbocycles. The molecule has 3 rings (SSSR count). The van der Waals surface area contributed by atoms with Crippen molar-refractivity contribution in [3.8, 4) is 22.5 Å². The summed E-state index contributed by atoms with van der Waals surface area (Å²) >= 11 is 0. The summed E-state index contributed by atoms with van der Waals surface area (Å²) < 4.78 is 1.70. The summed E-state index contributed by atoms with van der Waals surface area (Å²) in [7, 11) is 0. The number of hydrogen-bond acceptors (Lipinski definition) is 2. The van der Waals surface area contributed by atoms with Crippen LogP contribution >= 0.6 is 0 Å². The van der Waals surface area contributed by atoms with E-state index in [0.717, 1.165) is 28.1 Å². The predicted molar refractivity (Wildman–Crippen MR) is 89.8 cm³/mol. The Balaban J connectivity index is 2.23. The second kappa shape index (κ2) is 5.98. The van der Waals surface area contributed by atoms with Crippen LogP contribution in [0.2, 0.25) is 0 Å². The van der Waals surface area contributed by atoms with Gasteiger partial charge in [-0.3, -0.25) is 4.57 Å². The summed E-state index contributed by atoms with van der Waals surface area (Å²) in [5.41, 5.74) is 4.56. The van der Waals surface area contributed by atoms with Gasteiger partial charge in [0.25, 0.3) is 0 Å². The molecule has 0 unspecified atom stereocenters. The normalized spacial score (nSPS) is 10.6. The van der Waals surface area contributed by atoms with Gasteiger partial charge >= 0.3 is 5.69 Å². The van der Waals surface area contributed by atoms with Crippen LogP contribution in [0.25, 0.3) is 22.5 Å². The molecule has 3 nitrogen and oxygen atoms in total. The fourth-order valence-electron chi connectivity index (χ4n) is 2.61. The van der Waals surface area contributed by atoms with Crippen LogP contribution in [0.1, 0.15) is 12.5 Å². The highest BCUT2D eigenvalue weighted by Gasteiger charge is 2.10. The maximum atomic E-state index is 12.4. The van der Waals surface area contributed by atoms with E-state index in [1.165, 1.54) is 0 Å².